The van der Waals surface area contributed by atoms with Crippen LogP contribution < -0.4 is 4.74 Å². The molecule has 0 heterocycles. The molecule has 0 amide bonds. The van der Waals surface area contributed by atoms with Crippen LogP contribution in [0.3, 0.4) is 0 Å². The van der Waals surface area contributed by atoms with E-state index in [-0.39, 0.29) is 15.7 Å². The molecule has 0 saturated carbocycles. The molecule has 9 heteroatoms. The van der Waals surface area contributed by atoms with Crippen LogP contribution in [0.4, 0.5) is 0 Å². The van der Waals surface area contributed by atoms with Crippen molar-refractivity contribution >= 4 is 39.3 Å². The third-order valence-electron chi connectivity index (χ3n) is 13.7. The quantitative estimate of drug-likeness (QED) is 0.0949. The Balaban J connectivity index is 2.43. The molecule has 2 rings (SSSR count). The molecule has 0 aliphatic rings. The molecule has 0 spiro atoms. The lowest BCUT2D eigenvalue weighted by atomic mass is 9.76. The first-order chi connectivity index (χ1) is 24.2. The number of rotatable bonds is 22. The van der Waals surface area contributed by atoms with Gasteiger partial charge in [0.05, 0.1) is 16.1 Å². The first kappa shape index (κ1) is 47.6. The fraction of sp³-hybridized carbons (Fsp3) is 0.705. The van der Waals surface area contributed by atoms with E-state index in [4.69, 9.17) is 13.6 Å². The molecule has 53 heavy (non-hydrogen) atoms. The largest absolute Gasteiger partial charge is 0.508 e. The molecule has 0 radical (unpaired) electrons. The summed E-state index contributed by atoms with van der Waals surface area (Å²) in [5.74, 6) is 0.995. The minimum absolute atomic E-state index is 0.0539. The van der Waals surface area contributed by atoms with Gasteiger partial charge >= 0.3 is 0 Å². The van der Waals surface area contributed by atoms with Crippen LogP contribution in [0.25, 0.3) is 0 Å². The molecular formula is C44H80O5Si4. The van der Waals surface area contributed by atoms with Gasteiger partial charge in [0, 0.05) is 16.4 Å². The van der Waals surface area contributed by atoms with E-state index in [1.807, 2.05) is 12.1 Å². The number of benzene rings is 2. The Labute approximate surface area is 330 Å². The van der Waals surface area contributed by atoms with Crippen molar-refractivity contribution in [3.05, 3.63) is 58.7 Å². The maximum Gasteiger partial charge on any atom is 0.298 e. The van der Waals surface area contributed by atoms with Crippen LogP contribution in [0.5, 0.6) is 11.5 Å². The van der Waals surface area contributed by atoms with Crippen molar-refractivity contribution in [2.24, 2.45) is 0 Å². The van der Waals surface area contributed by atoms with E-state index in [0.717, 1.165) is 73.6 Å². The number of ether oxygens (including phenoxy) is 1. The lowest BCUT2D eigenvalue weighted by Gasteiger charge is -2.47. The fourth-order valence-corrected chi connectivity index (χ4v) is 20.8. The van der Waals surface area contributed by atoms with Gasteiger partial charge in [-0.05, 0) is 117 Å². The Kier molecular flexibility index (Phi) is 16.3. The summed E-state index contributed by atoms with van der Waals surface area (Å²) in [5, 5.41) is 11.2. The van der Waals surface area contributed by atoms with E-state index in [0.29, 0.717) is 29.2 Å². The van der Waals surface area contributed by atoms with Crippen molar-refractivity contribution in [1.82, 2.24) is 0 Å². The predicted octanol–water partition coefficient (Wildman–Crippen LogP) is 13.2. The fourth-order valence-electron chi connectivity index (χ4n) is 8.15. The standard InChI is InChI=1S/C44H80O5Si4/c1-19-38(52(15,16)49-44(8,22-4)51(12,13)14)26-23-35-32-37(25-28-40(35)47-33-45)42(5,6)36-24-27-39(46)34(31-36)29-30-43(7,21-3)53(17,18)48-41(20-2)50(9,10)11/h24-25,27-28,31-33,38,41,46H,19-23,26,29-30H2,1-18H3/t38?,41?,43-,44?/m1/s1. The van der Waals surface area contributed by atoms with Crippen LogP contribution in [0, 0.1) is 0 Å². The Hall–Kier alpha value is -1.50. The van der Waals surface area contributed by atoms with Crippen molar-refractivity contribution in [1.29, 1.82) is 0 Å². The zero-order chi connectivity index (χ0) is 40.8. The summed E-state index contributed by atoms with van der Waals surface area (Å²) in [6.45, 7) is 43.1. The molecule has 302 valence electrons. The highest BCUT2D eigenvalue weighted by molar-refractivity contribution is 6.81. The van der Waals surface area contributed by atoms with E-state index < -0.39 is 32.8 Å². The summed E-state index contributed by atoms with van der Waals surface area (Å²) >= 11 is 0. The van der Waals surface area contributed by atoms with Gasteiger partial charge in [-0.1, -0.05) is 125 Å². The van der Waals surface area contributed by atoms with Crippen molar-refractivity contribution in [2.45, 2.75) is 199 Å². The average molecular weight is 801 g/mol. The highest BCUT2D eigenvalue weighted by Crippen LogP contribution is 2.48. The van der Waals surface area contributed by atoms with Crippen molar-refractivity contribution in [2.75, 3.05) is 0 Å². The van der Waals surface area contributed by atoms with Crippen LogP contribution in [-0.4, -0.2) is 55.3 Å². The molecule has 0 aliphatic carbocycles. The lowest BCUT2D eigenvalue weighted by molar-refractivity contribution is -0.120. The van der Waals surface area contributed by atoms with E-state index in [9.17, 15) is 9.90 Å². The number of hydrogen-bond acceptors (Lipinski definition) is 5. The van der Waals surface area contributed by atoms with Gasteiger partial charge in [0.25, 0.3) is 6.47 Å². The van der Waals surface area contributed by atoms with Gasteiger partial charge in [0.2, 0.25) is 0 Å². The molecule has 1 N–H and O–H groups in total. The van der Waals surface area contributed by atoms with E-state index in [2.05, 4.69) is 145 Å². The first-order valence-electron chi connectivity index (χ1n) is 20.6. The molecular weight excluding hydrogens is 721 g/mol. The summed E-state index contributed by atoms with van der Waals surface area (Å²) in [6, 6.07) is 12.5. The van der Waals surface area contributed by atoms with Crippen LogP contribution in [0.2, 0.25) is 76.0 Å². The van der Waals surface area contributed by atoms with E-state index in [1.165, 1.54) is 0 Å². The molecule has 4 atom stereocenters. The van der Waals surface area contributed by atoms with Crippen LogP contribution in [0.1, 0.15) is 116 Å². The van der Waals surface area contributed by atoms with E-state index >= 15 is 0 Å². The third-order valence-corrected chi connectivity index (χ3v) is 28.3. The highest BCUT2D eigenvalue weighted by Gasteiger charge is 2.47. The zero-order valence-electron chi connectivity index (χ0n) is 37.4. The second-order valence-electron chi connectivity index (χ2n) is 20.0. The molecule has 3 unspecified atom stereocenters. The van der Waals surface area contributed by atoms with Crippen LogP contribution in [0.15, 0.2) is 36.4 Å². The Morgan fingerprint density at radius 3 is 1.79 bits per heavy atom. The van der Waals surface area contributed by atoms with Gasteiger partial charge in [-0.15, -0.1) is 0 Å². The minimum Gasteiger partial charge on any atom is -0.508 e. The number of phenols is 1. The normalized spacial score (nSPS) is 16.8. The van der Waals surface area contributed by atoms with Gasteiger partial charge in [-0.3, -0.25) is 4.79 Å². The monoisotopic (exact) mass is 801 g/mol. The zero-order valence-corrected chi connectivity index (χ0v) is 41.4. The Bertz CT molecular complexity index is 1490. The van der Waals surface area contributed by atoms with Gasteiger partial charge < -0.3 is 18.7 Å². The molecule has 0 saturated heterocycles. The highest BCUT2D eigenvalue weighted by atomic mass is 28.4. The summed E-state index contributed by atoms with van der Waals surface area (Å²) in [5.41, 5.74) is 4.88. The third kappa shape index (κ3) is 11.5. The number of carbonyl (C=O) groups is 1. The average Bonchev–Trinajstić information content (AvgIpc) is 3.05. The number of carbonyl (C=O) groups excluding carboxylic acids is 1. The molecule has 0 bridgehead atoms. The second kappa shape index (κ2) is 18.2. The Morgan fingerprint density at radius 1 is 0.755 bits per heavy atom. The molecule has 0 fully saturated rings. The van der Waals surface area contributed by atoms with E-state index in [1.54, 1.807) is 0 Å². The summed E-state index contributed by atoms with van der Waals surface area (Å²) in [6.07, 6.45) is 7.80. The number of aryl methyl sites for hydroxylation is 2. The topological polar surface area (TPSA) is 65.0 Å². The van der Waals surface area contributed by atoms with Gasteiger partial charge in [-0.25, -0.2) is 0 Å². The SMILES string of the molecule is CCC(O[Si](C)(C)[C@](C)(CC)CCc1cc(C(C)(C)c2ccc(OC=O)c(CCC(CC)[Si](C)(C)OC(C)(CC)[Si](C)(C)C)c2)ccc1O)[Si](C)(C)C. The Morgan fingerprint density at radius 2 is 1.32 bits per heavy atom. The second-order valence-corrected chi connectivity index (χ2v) is 39.6. The van der Waals surface area contributed by atoms with Crippen molar-refractivity contribution < 1.29 is 23.5 Å². The molecule has 0 aliphatic heterocycles. The van der Waals surface area contributed by atoms with Crippen LogP contribution in [-0.2, 0) is 31.9 Å². The first-order valence-corrected chi connectivity index (χ1v) is 33.6. The maximum absolute atomic E-state index is 11.6. The molecule has 2 aromatic rings. The summed E-state index contributed by atoms with van der Waals surface area (Å²) in [4.78, 5) is 11.6. The number of hydrogen-bond donors (Lipinski definition) is 1. The van der Waals surface area contributed by atoms with Gasteiger partial charge in [0.1, 0.15) is 11.5 Å². The van der Waals surface area contributed by atoms with Crippen molar-refractivity contribution in [3.63, 3.8) is 0 Å². The van der Waals surface area contributed by atoms with Crippen molar-refractivity contribution in [3.8, 4) is 11.5 Å². The van der Waals surface area contributed by atoms with Gasteiger partial charge in [0.15, 0.2) is 16.6 Å². The predicted molar refractivity (Wildman–Crippen MR) is 239 cm³/mol. The maximum atomic E-state index is 11.6. The van der Waals surface area contributed by atoms with Crippen LogP contribution >= 0.6 is 0 Å². The summed E-state index contributed by atoms with van der Waals surface area (Å²) < 4.78 is 19.9. The molecule has 0 aromatic heterocycles. The lowest BCUT2D eigenvalue weighted by Crippen LogP contribution is -2.57. The number of phenolic OH excluding ortho intramolecular Hbond substituents is 1. The minimum atomic E-state index is -2.08. The molecule has 2 aromatic carbocycles. The molecule has 5 nitrogen and oxygen atoms in total. The smallest absolute Gasteiger partial charge is 0.298 e. The summed E-state index contributed by atoms with van der Waals surface area (Å²) in [7, 11) is -7.16. The number of aromatic hydroxyl groups is 1. The van der Waals surface area contributed by atoms with Gasteiger partial charge in [-0.2, -0.15) is 0 Å².